The number of carbonyl (C=O) groups is 1. The number of hydrogen-bond donors (Lipinski definition) is 2. The molecule has 0 aliphatic rings. The lowest BCUT2D eigenvalue weighted by molar-refractivity contribution is -0.116. The van der Waals surface area contributed by atoms with Crippen LogP contribution in [0.1, 0.15) is 29.9 Å². The summed E-state index contributed by atoms with van der Waals surface area (Å²) in [5.41, 5.74) is 2.10. The predicted octanol–water partition coefficient (Wildman–Crippen LogP) is 3.03. The van der Waals surface area contributed by atoms with Crippen LogP contribution in [0.5, 0.6) is 0 Å². The highest BCUT2D eigenvalue weighted by atomic mass is 32.1. The highest BCUT2D eigenvalue weighted by molar-refractivity contribution is 7.07. The fourth-order valence-corrected chi connectivity index (χ4v) is 2.85. The lowest BCUT2D eigenvalue weighted by Crippen LogP contribution is -2.23. The Balaban J connectivity index is 1.75. The molecule has 0 saturated carbocycles. The maximum Gasteiger partial charge on any atom is 0.244 e. The molecule has 21 heavy (non-hydrogen) atoms. The zero-order chi connectivity index (χ0) is 14.9. The molecule has 4 nitrogen and oxygen atoms in total. The van der Waals surface area contributed by atoms with Crippen molar-refractivity contribution in [2.45, 2.75) is 18.8 Å². The Hall–Kier alpha value is -1.85. The van der Waals surface area contributed by atoms with Gasteiger partial charge in [-0.25, -0.2) is 0 Å². The summed E-state index contributed by atoms with van der Waals surface area (Å²) in [4.78, 5) is 11.7. The van der Waals surface area contributed by atoms with E-state index in [0.717, 1.165) is 18.4 Å². The minimum absolute atomic E-state index is 0.121. The number of amides is 1. The number of aliphatic hydroxyl groups is 1. The molecule has 0 bridgehead atoms. The molecular weight excluding hydrogens is 286 g/mol. The summed E-state index contributed by atoms with van der Waals surface area (Å²) in [7, 11) is 0. The third kappa shape index (κ3) is 5.21. The highest BCUT2D eigenvalue weighted by Crippen LogP contribution is 2.24. The van der Waals surface area contributed by atoms with Crippen LogP contribution < -0.4 is 5.32 Å². The maximum atomic E-state index is 11.7. The van der Waals surface area contributed by atoms with E-state index in [1.807, 2.05) is 5.38 Å². The Labute approximate surface area is 128 Å². The molecular formula is C16H19NO3S. The Morgan fingerprint density at radius 1 is 1.43 bits per heavy atom. The van der Waals surface area contributed by atoms with Gasteiger partial charge in [0.05, 0.1) is 12.5 Å². The highest BCUT2D eigenvalue weighted by Gasteiger charge is 2.11. The van der Waals surface area contributed by atoms with Crippen LogP contribution >= 0.6 is 11.3 Å². The number of thiophene rings is 1. The van der Waals surface area contributed by atoms with Crippen molar-refractivity contribution in [1.82, 2.24) is 5.32 Å². The lowest BCUT2D eigenvalue weighted by atomic mass is 9.95. The molecule has 0 fully saturated rings. The van der Waals surface area contributed by atoms with E-state index >= 15 is 0 Å². The quantitative estimate of drug-likeness (QED) is 0.737. The second-order valence-electron chi connectivity index (χ2n) is 4.74. The van der Waals surface area contributed by atoms with Crippen LogP contribution in [0, 0.1) is 0 Å². The van der Waals surface area contributed by atoms with E-state index in [4.69, 9.17) is 9.52 Å². The van der Waals surface area contributed by atoms with Crippen molar-refractivity contribution in [2.24, 2.45) is 0 Å². The number of nitrogens with one attached hydrogen (secondary N) is 1. The van der Waals surface area contributed by atoms with Gasteiger partial charge in [-0.3, -0.25) is 4.79 Å². The third-order valence-corrected chi connectivity index (χ3v) is 3.96. The van der Waals surface area contributed by atoms with Crippen LogP contribution in [-0.2, 0) is 4.79 Å². The van der Waals surface area contributed by atoms with Gasteiger partial charge in [-0.15, -0.1) is 0 Å². The zero-order valence-corrected chi connectivity index (χ0v) is 12.5. The largest absolute Gasteiger partial charge is 0.472 e. The molecule has 2 aromatic rings. The Morgan fingerprint density at radius 3 is 3.00 bits per heavy atom. The summed E-state index contributed by atoms with van der Waals surface area (Å²) in [6, 6.07) is 3.86. The van der Waals surface area contributed by atoms with Gasteiger partial charge >= 0.3 is 0 Å². The molecule has 0 radical (unpaired) electrons. The molecule has 112 valence electrons. The third-order valence-electron chi connectivity index (χ3n) is 3.25. The molecule has 5 heteroatoms. The Bertz CT molecular complexity index is 546. The predicted molar refractivity (Wildman–Crippen MR) is 84.1 cm³/mol. The Morgan fingerprint density at radius 2 is 2.33 bits per heavy atom. The molecule has 2 aromatic heterocycles. The molecule has 0 spiro atoms. The van der Waals surface area contributed by atoms with Crippen molar-refractivity contribution in [1.29, 1.82) is 0 Å². The molecule has 2 heterocycles. The van der Waals surface area contributed by atoms with Crippen molar-refractivity contribution in [2.75, 3.05) is 13.2 Å². The van der Waals surface area contributed by atoms with E-state index in [1.54, 1.807) is 36.0 Å². The first-order valence-corrected chi connectivity index (χ1v) is 7.85. The van der Waals surface area contributed by atoms with E-state index < -0.39 is 0 Å². The minimum atomic E-state index is -0.121. The summed E-state index contributed by atoms with van der Waals surface area (Å²) in [6.45, 7) is 0.754. The van der Waals surface area contributed by atoms with Gasteiger partial charge < -0.3 is 14.8 Å². The summed E-state index contributed by atoms with van der Waals surface area (Å²) < 4.78 is 4.92. The van der Waals surface area contributed by atoms with Gasteiger partial charge in [0.25, 0.3) is 0 Å². The first-order chi connectivity index (χ1) is 10.3. The smallest absolute Gasteiger partial charge is 0.244 e. The molecule has 0 aromatic carbocycles. The van der Waals surface area contributed by atoms with Crippen molar-refractivity contribution in [3.63, 3.8) is 0 Å². The van der Waals surface area contributed by atoms with Gasteiger partial charge in [-0.1, -0.05) is 0 Å². The SMILES string of the molecule is O=C(/C=C/c1ccoc1)NCC[C@H](CCO)c1ccsc1. The molecule has 0 saturated heterocycles. The second-order valence-corrected chi connectivity index (χ2v) is 5.52. The van der Waals surface area contributed by atoms with E-state index in [9.17, 15) is 4.79 Å². The topological polar surface area (TPSA) is 62.5 Å². The van der Waals surface area contributed by atoms with Gasteiger partial charge in [-0.2, -0.15) is 11.3 Å². The van der Waals surface area contributed by atoms with Crippen molar-refractivity contribution >= 4 is 23.3 Å². The van der Waals surface area contributed by atoms with Crippen LogP contribution in [0.4, 0.5) is 0 Å². The van der Waals surface area contributed by atoms with Crippen molar-refractivity contribution < 1.29 is 14.3 Å². The van der Waals surface area contributed by atoms with Gasteiger partial charge in [0.1, 0.15) is 0 Å². The fourth-order valence-electron chi connectivity index (χ4n) is 2.11. The molecule has 0 unspecified atom stereocenters. The molecule has 0 aliphatic carbocycles. The number of rotatable bonds is 8. The van der Waals surface area contributed by atoms with Gasteiger partial charge in [0.15, 0.2) is 0 Å². The second kappa shape index (κ2) is 8.44. The molecule has 0 aliphatic heterocycles. The maximum absolute atomic E-state index is 11.7. The Kier molecular flexibility index (Phi) is 6.24. The normalized spacial score (nSPS) is 12.6. The standard InChI is InChI=1S/C16H19NO3S/c18-8-4-14(15-6-10-21-12-15)3-7-17-16(19)2-1-13-5-9-20-11-13/h1-2,5-6,9-12,14,18H,3-4,7-8H2,(H,17,19)/b2-1+/t14-/m1/s1. The van der Waals surface area contributed by atoms with Crippen molar-refractivity contribution in [3.8, 4) is 0 Å². The fraction of sp³-hybridized carbons (Fsp3) is 0.312. The first-order valence-electron chi connectivity index (χ1n) is 6.90. The van der Waals surface area contributed by atoms with E-state index in [1.165, 1.54) is 11.6 Å². The molecule has 2 rings (SSSR count). The summed E-state index contributed by atoms with van der Waals surface area (Å²) in [6.07, 6.45) is 7.90. The van der Waals surface area contributed by atoms with Gasteiger partial charge in [-0.05, 0) is 53.3 Å². The van der Waals surface area contributed by atoms with E-state index in [2.05, 4.69) is 16.8 Å². The first kappa shape index (κ1) is 15.5. The molecule has 1 amide bonds. The summed E-state index contributed by atoms with van der Waals surface area (Å²) in [5, 5.41) is 16.1. The van der Waals surface area contributed by atoms with Gasteiger partial charge in [0.2, 0.25) is 5.91 Å². The number of aliphatic hydroxyl groups excluding tert-OH is 1. The summed E-state index contributed by atoms with van der Waals surface area (Å²) in [5.74, 6) is 0.170. The van der Waals surface area contributed by atoms with Crippen LogP contribution in [0.15, 0.2) is 45.9 Å². The van der Waals surface area contributed by atoms with Crippen molar-refractivity contribution in [3.05, 3.63) is 52.6 Å². The average molecular weight is 305 g/mol. The lowest BCUT2D eigenvalue weighted by Gasteiger charge is -2.14. The van der Waals surface area contributed by atoms with Crippen LogP contribution in [0.3, 0.4) is 0 Å². The average Bonchev–Trinajstić information content (AvgIpc) is 3.17. The zero-order valence-electron chi connectivity index (χ0n) is 11.7. The number of hydrogen-bond acceptors (Lipinski definition) is 4. The van der Waals surface area contributed by atoms with Crippen LogP contribution in [0.2, 0.25) is 0 Å². The molecule has 2 N–H and O–H groups in total. The number of furan rings is 1. The van der Waals surface area contributed by atoms with E-state index in [0.29, 0.717) is 12.5 Å². The monoisotopic (exact) mass is 305 g/mol. The molecule has 1 atom stereocenters. The van der Waals surface area contributed by atoms with Crippen LogP contribution in [0.25, 0.3) is 6.08 Å². The van der Waals surface area contributed by atoms with Crippen LogP contribution in [-0.4, -0.2) is 24.2 Å². The summed E-state index contributed by atoms with van der Waals surface area (Å²) >= 11 is 1.65. The minimum Gasteiger partial charge on any atom is -0.472 e. The number of carbonyl (C=O) groups excluding carboxylic acids is 1. The van der Waals surface area contributed by atoms with Gasteiger partial charge in [0, 0.05) is 24.8 Å². The van der Waals surface area contributed by atoms with E-state index in [-0.39, 0.29) is 12.5 Å².